The first-order chi connectivity index (χ1) is 5.55. The van der Waals surface area contributed by atoms with Crippen LogP contribution >= 0.6 is 62.3 Å². The van der Waals surface area contributed by atoms with E-state index in [0.29, 0.717) is 11.8 Å². The molecule has 0 aliphatic rings. The van der Waals surface area contributed by atoms with E-state index in [0.717, 1.165) is 0 Å². The maximum absolute atomic E-state index is 11.2. The van der Waals surface area contributed by atoms with E-state index in [2.05, 4.69) is 50.5 Å². The Labute approximate surface area is 104 Å². The molecule has 0 fully saturated rings. The molecule has 0 aromatic carbocycles. The van der Waals surface area contributed by atoms with E-state index in [9.17, 15) is 9.59 Å². The smallest absolute Gasteiger partial charge is 0.221 e. The summed E-state index contributed by atoms with van der Waals surface area (Å²) in [7, 11) is 0. The lowest BCUT2D eigenvalue weighted by Crippen LogP contribution is -2.26. The topological polar surface area (TPSA) is 34.1 Å². The molecule has 76 valence electrons. The average molecular weight is 274 g/mol. The zero-order valence-electron chi connectivity index (χ0n) is 7.01. The SMILES string of the molecule is CC(S)(S)C(=O)SC(=O)C(C)(S)S. The van der Waals surface area contributed by atoms with Gasteiger partial charge < -0.3 is 0 Å². The van der Waals surface area contributed by atoms with Gasteiger partial charge in [-0.3, -0.25) is 9.59 Å². The Balaban J connectivity index is 4.34. The van der Waals surface area contributed by atoms with Crippen LogP contribution in [0.25, 0.3) is 0 Å². The minimum Gasteiger partial charge on any atom is -0.284 e. The van der Waals surface area contributed by atoms with Gasteiger partial charge in [-0.15, -0.1) is 0 Å². The Morgan fingerprint density at radius 2 is 1.15 bits per heavy atom. The van der Waals surface area contributed by atoms with Gasteiger partial charge in [0.1, 0.15) is 8.16 Å². The predicted molar refractivity (Wildman–Crippen MR) is 70.4 cm³/mol. The van der Waals surface area contributed by atoms with Crippen LogP contribution in [0.5, 0.6) is 0 Å². The number of thiol groups is 4. The summed E-state index contributed by atoms with van der Waals surface area (Å²) in [5, 5.41) is -0.864. The van der Waals surface area contributed by atoms with Gasteiger partial charge in [0.25, 0.3) is 0 Å². The van der Waals surface area contributed by atoms with Crippen LogP contribution in [0.1, 0.15) is 13.8 Å². The largest absolute Gasteiger partial charge is 0.284 e. The summed E-state index contributed by atoms with van der Waals surface area (Å²) in [6, 6.07) is 0. The van der Waals surface area contributed by atoms with Crippen molar-refractivity contribution < 1.29 is 9.59 Å². The second kappa shape index (κ2) is 4.74. The Kier molecular flexibility index (Phi) is 5.14. The molecular formula is C6H10O2S5. The molecule has 0 aromatic heterocycles. The fraction of sp³-hybridized carbons (Fsp3) is 0.667. The number of carbonyl (C=O) groups is 2. The van der Waals surface area contributed by atoms with Crippen LogP contribution in [-0.4, -0.2) is 18.4 Å². The average Bonchev–Trinajstić information content (AvgIpc) is 1.82. The Morgan fingerprint density at radius 3 is 1.31 bits per heavy atom. The summed E-state index contributed by atoms with van der Waals surface area (Å²) >= 11 is 16.2. The van der Waals surface area contributed by atoms with E-state index < -0.39 is 18.4 Å². The van der Waals surface area contributed by atoms with Crippen LogP contribution in [0.2, 0.25) is 0 Å². The van der Waals surface area contributed by atoms with E-state index in [-0.39, 0.29) is 0 Å². The van der Waals surface area contributed by atoms with Gasteiger partial charge in [0.05, 0.1) is 0 Å². The van der Waals surface area contributed by atoms with Crippen LogP contribution in [-0.2, 0) is 9.59 Å². The molecule has 7 heteroatoms. The summed E-state index contributed by atoms with van der Waals surface area (Å²) in [5.74, 6) is 0. The van der Waals surface area contributed by atoms with Crippen molar-refractivity contribution in [3.8, 4) is 0 Å². The molecular weight excluding hydrogens is 264 g/mol. The quantitative estimate of drug-likeness (QED) is 0.459. The van der Waals surface area contributed by atoms with Gasteiger partial charge in [0.2, 0.25) is 10.2 Å². The number of rotatable bonds is 2. The summed E-state index contributed by atoms with van der Waals surface area (Å²) < 4.78 is -2.24. The lowest BCUT2D eigenvalue weighted by molar-refractivity contribution is -0.113. The third-order valence-electron chi connectivity index (χ3n) is 0.959. The summed E-state index contributed by atoms with van der Waals surface area (Å²) in [6.07, 6.45) is 0. The number of hydrogen-bond acceptors (Lipinski definition) is 7. The second-order valence-electron chi connectivity index (χ2n) is 2.72. The molecule has 0 rings (SSSR count). The standard InChI is InChI=1S/C6H10O2S5/c1-5(9,10)3(7)13-4(8)6(2,11)12/h9-12H,1-2H3. The predicted octanol–water partition coefficient (Wildman–Crippen LogP) is 1.92. The van der Waals surface area contributed by atoms with Gasteiger partial charge >= 0.3 is 0 Å². The van der Waals surface area contributed by atoms with Crippen LogP contribution in [0.3, 0.4) is 0 Å². The first kappa shape index (κ1) is 14.1. The lowest BCUT2D eigenvalue weighted by atomic mass is 10.5. The number of hydrogen-bond donors (Lipinski definition) is 4. The minimum atomic E-state index is -1.12. The summed E-state index contributed by atoms with van der Waals surface area (Å²) in [4.78, 5) is 22.5. The molecule has 0 heterocycles. The van der Waals surface area contributed by atoms with Crippen LogP contribution in [0, 0.1) is 0 Å². The van der Waals surface area contributed by atoms with Gasteiger partial charge in [0, 0.05) is 0 Å². The zero-order chi connectivity index (χ0) is 10.9. The highest BCUT2D eigenvalue weighted by Crippen LogP contribution is 2.32. The van der Waals surface area contributed by atoms with Crippen molar-refractivity contribution in [3.05, 3.63) is 0 Å². The molecule has 2 nitrogen and oxygen atoms in total. The maximum atomic E-state index is 11.2. The van der Waals surface area contributed by atoms with Crippen molar-refractivity contribution in [1.29, 1.82) is 0 Å². The van der Waals surface area contributed by atoms with Crippen molar-refractivity contribution >= 4 is 72.5 Å². The maximum Gasteiger partial charge on any atom is 0.221 e. The number of carbonyl (C=O) groups excluding carboxylic acids is 2. The summed E-state index contributed by atoms with van der Waals surface area (Å²) in [6.45, 7) is 2.99. The number of thioether (sulfide) groups is 1. The van der Waals surface area contributed by atoms with E-state index >= 15 is 0 Å². The van der Waals surface area contributed by atoms with E-state index in [1.54, 1.807) is 0 Å². The molecule has 0 N–H and O–H groups in total. The first-order valence-corrected chi connectivity index (χ1v) is 5.82. The molecule has 0 aromatic rings. The fourth-order valence-electron chi connectivity index (χ4n) is 0.278. The monoisotopic (exact) mass is 274 g/mol. The van der Waals surface area contributed by atoms with Crippen molar-refractivity contribution in [2.75, 3.05) is 0 Å². The van der Waals surface area contributed by atoms with E-state index in [1.165, 1.54) is 13.8 Å². The normalized spacial score (nSPS) is 12.8. The zero-order valence-corrected chi connectivity index (χ0v) is 11.4. The van der Waals surface area contributed by atoms with Gasteiger partial charge in [0.15, 0.2) is 0 Å². The van der Waals surface area contributed by atoms with Crippen molar-refractivity contribution in [2.24, 2.45) is 0 Å². The molecule has 0 bridgehead atoms. The third kappa shape index (κ3) is 5.51. The Morgan fingerprint density at radius 1 is 0.923 bits per heavy atom. The first-order valence-electron chi connectivity index (χ1n) is 3.21. The third-order valence-corrected chi connectivity index (χ3v) is 3.56. The highest BCUT2D eigenvalue weighted by Gasteiger charge is 2.32. The van der Waals surface area contributed by atoms with E-state index in [4.69, 9.17) is 0 Å². The minimum absolute atomic E-state index is 0.432. The van der Waals surface area contributed by atoms with Crippen LogP contribution in [0.4, 0.5) is 0 Å². The van der Waals surface area contributed by atoms with Crippen molar-refractivity contribution in [2.45, 2.75) is 22.0 Å². The van der Waals surface area contributed by atoms with Crippen molar-refractivity contribution in [1.82, 2.24) is 0 Å². The van der Waals surface area contributed by atoms with Crippen molar-refractivity contribution in [3.63, 3.8) is 0 Å². The summed E-state index contributed by atoms with van der Waals surface area (Å²) in [5.41, 5.74) is 0. The molecule has 0 spiro atoms. The molecule has 0 saturated carbocycles. The molecule has 0 saturated heterocycles. The molecule has 0 aliphatic heterocycles. The second-order valence-corrected chi connectivity index (χ2v) is 7.95. The Bertz CT molecular complexity index is 200. The molecule has 0 radical (unpaired) electrons. The van der Waals surface area contributed by atoms with Gasteiger partial charge in [-0.05, 0) is 25.6 Å². The molecule has 13 heavy (non-hydrogen) atoms. The lowest BCUT2D eigenvalue weighted by Gasteiger charge is -2.17. The van der Waals surface area contributed by atoms with Gasteiger partial charge in [-0.25, -0.2) is 0 Å². The molecule has 0 aliphatic carbocycles. The Hall–Kier alpha value is 1.09. The van der Waals surface area contributed by atoms with E-state index in [1.807, 2.05) is 0 Å². The highest BCUT2D eigenvalue weighted by atomic mass is 32.2. The van der Waals surface area contributed by atoms with Gasteiger partial charge in [-0.1, -0.05) is 0 Å². The molecule has 0 atom stereocenters. The fourth-order valence-corrected chi connectivity index (χ4v) is 1.38. The molecule has 0 amide bonds. The highest BCUT2D eigenvalue weighted by molar-refractivity contribution is 8.30. The van der Waals surface area contributed by atoms with Crippen LogP contribution in [0.15, 0.2) is 0 Å². The van der Waals surface area contributed by atoms with Gasteiger partial charge in [-0.2, -0.15) is 50.5 Å². The van der Waals surface area contributed by atoms with Crippen LogP contribution < -0.4 is 0 Å². The molecule has 0 unspecified atom stereocenters.